The summed E-state index contributed by atoms with van der Waals surface area (Å²) in [6, 6.07) is 5.74. The zero-order chi connectivity index (χ0) is 26.2. The topological polar surface area (TPSA) is 95.8 Å². The van der Waals surface area contributed by atoms with Crippen molar-refractivity contribution in [3.05, 3.63) is 94.7 Å². The highest BCUT2D eigenvalue weighted by molar-refractivity contribution is 6.30. The average molecular weight is 529 g/mol. The number of Topliss-reactive ketones (excluding diaryl/α,β-unsaturated/α-hetero) is 1. The normalized spacial score (nSPS) is 13.6. The van der Waals surface area contributed by atoms with Crippen molar-refractivity contribution in [1.29, 1.82) is 0 Å². The van der Waals surface area contributed by atoms with Crippen molar-refractivity contribution < 1.29 is 14.3 Å². The van der Waals surface area contributed by atoms with E-state index < -0.39 is 5.97 Å². The van der Waals surface area contributed by atoms with Crippen molar-refractivity contribution in [3.8, 4) is 0 Å². The zero-order valence-electron chi connectivity index (χ0n) is 20.7. The molecular weight excluding hydrogens is 504 g/mol. The van der Waals surface area contributed by atoms with Crippen LogP contribution in [0.5, 0.6) is 0 Å². The van der Waals surface area contributed by atoms with Gasteiger partial charge in [0.05, 0.1) is 48.6 Å². The quantitative estimate of drug-likeness (QED) is 0.155. The van der Waals surface area contributed by atoms with Gasteiger partial charge in [0, 0.05) is 47.9 Å². The Morgan fingerprint density at radius 1 is 1.18 bits per heavy atom. The zero-order valence-corrected chi connectivity index (χ0v) is 21.5. The SMILES string of the molecule is COC(=O)/C=C/c1cc(C2CC2)cn2cc(Cn3cc(C(=O)CCc4ncn5ccc(Cl)cc45)cn3)nc12. The van der Waals surface area contributed by atoms with E-state index in [-0.39, 0.29) is 5.78 Å². The molecule has 0 saturated heterocycles. The lowest BCUT2D eigenvalue weighted by Crippen LogP contribution is -2.02. The highest BCUT2D eigenvalue weighted by Crippen LogP contribution is 2.40. The summed E-state index contributed by atoms with van der Waals surface area (Å²) in [4.78, 5) is 33.7. The van der Waals surface area contributed by atoms with Crippen LogP contribution in [0.2, 0.25) is 5.02 Å². The molecule has 38 heavy (non-hydrogen) atoms. The van der Waals surface area contributed by atoms with Gasteiger partial charge in [0.2, 0.25) is 0 Å². The van der Waals surface area contributed by atoms with Gasteiger partial charge in [-0.05, 0) is 55.0 Å². The molecule has 0 aliphatic heterocycles. The summed E-state index contributed by atoms with van der Waals surface area (Å²) < 4.78 is 10.3. The van der Waals surface area contributed by atoms with Crippen LogP contribution < -0.4 is 0 Å². The molecule has 9 nitrogen and oxygen atoms in total. The van der Waals surface area contributed by atoms with Gasteiger partial charge in [0.1, 0.15) is 5.65 Å². The molecule has 0 N–H and O–H groups in total. The molecule has 5 aromatic rings. The molecule has 0 radical (unpaired) electrons. The lowest BCUT2D eigenvalue weighted by atomic mass is 10.1. The molecule has 0 aromatic carbocycles. The Morgan fingerprint density at radius 3 is 2.87 bits per heavy atom. The van der Waals surface area contributed by atoms with Crippen LogP contribution in [0.3, 0.4) is 0 Å². The Labute approximate surface area is 223 Å². The number of methoxy groups -OCH3 is 1. The Hall–Kier alpha value is -4.24. The molecular formula is C28H25ClN6O3. The number of hydrogen-bond acceptors (Lipinski definition) is 6. The predicted molar refractivity (Wildman–Crippen MR) is 142 cm³/mol. The van der Waals surface area contributed by atoms with E-state index in [1.165, 1.54) is 31.6 Å². The van der Waals surface area contributed by atoms with Gasteiger partial charge in [-0.25, -0.2) is 14.8 Å². The van der Waals surface area contributed by atoms with Crippen LogP contribution in [0.4, 0.5) is 0 Å². The average Bonchev–Trinajstić information content (AvgIpc) is 3.33. The number of ketones is 1. The van der Waals surface area contributed by atoms with E-state index in [1.54, 1.807) is 35.5 Å². The van der Waals surface area contributed by atoms with E-state index in [0.29, 0.717) is 35.9 Å². The fourth-order valence-corrected chi connectivity index (χ4v) is 4.77. The number of rotatable bonds is 9. The van der Waals surface area contributed by atoms with Crippen molar-refractivity contribution in [2.75, 3.05) is 7.11 Å². The smallest absolute Gasteiger partial charge is 0.330 e. The van der Waals surface area contributed by atoms with E-state index in [2.05, 4.69) is 22.3 Å². The fourth-order valence-electron chi connectivity index (χ4n) is 4.61. The molecule has 0 bridgehead atoms. The first kappa shape index (κ1) is 24.1. The molecule has 5 aromatic heterocycles. The molecule has 10 heteroatoms. The lowest BCUT2D eigenvalue weighted by molar-refractivity contribution is -0.134. The number of fused-ring (bicyclic) bond motifs is 2. The summed E-state index contributed by atoms with van der Waals surface area (Å²) >= 11 is 6.12. The molecule has 6 rings (SSSR count). The minimum atomic E-state index is -0.412. The first-order chi connectivity index (χ1) is 18.5. The Morgan fingerprint density at radius 2 is 2.05 bits per heavy atom. The number of ether oxygens (including phenoxy) is 1. The summed E-state index contributed by atoms with van der Waals surface area (Å²) in [6.07, 6.45) is 17.3. The van der Waals surface area contributed by atoms with E-state index in [4.69, 9.17) is 21.3 Å². The summed E-state index contributed by atoms with van der Waals surface area (Å²) in [5.41, 5.74) is 5.92. The fraction of sp³-hybridized carbons (Fsp3) is 0.250. The van der Waals surface area contributed by atoms with Gasteiger partial charge >= 0.3 is 5.97 Å². The Balaban J connectivity index is 1.17. The number of nitrogens with zero attached hydrogens (tertiary/aromatic N) is 6. The maximum Gasteiger partial charge on any atom is 0.330 e. The maximum absolute atomic E-state index is 12.9. The van der Waals surface area contributed by atoms with Gasteiger partial charge < -0.3 is 13.5 Å². The predicted octanol–water partition coefficient (Wildman–Crippen LogP) is 4.76. The third kappa shape index (κ3) is 4.97. The third-order valence-corrected chi connectivity index (χ3v) is 6.98. The van der Waals surface area contributed by atoms with E-state index in [9.17, 15) is 9.59 Å². The van der Waals surface area contributed by atoms with Crippen LogP contribution in [0.25, 0.3) is 17.2 Å². The molecule has 1 fully saturated rings. The highest BCUT2D eigenvalue weighted by Gasteiger charge is 2.25. The number of aromatic nitrogens is 6. The number of halogens is 1. The van der Waals surface area contributed by atoms with Crippen molar-refractivity contribution >= 4 is 40.6 Å². The van der Waals surface area contributed by atoms with Gasteiger partial charge in [-0.3, -0.25) is 9.48 Å². The van der Waals surface area contributed by atoms with E-state index >= 15 is 0 Å². The third-order valence-electron chi connectivity index (χ3n) is 6.75. The van der Waals surface area contributed by atoms with Gasteiger partial charge in [-0.1, -0.05) is 11.6 Å². The number of carbonyl (C=O) groups is 2. The van der Waals surface area contributed by atoms with Gasteiger partial charge in [0.15, 0.2) is 5.78 Å². The number of hydrogen-bond donors (Lipinski definition) is 0. The lowest BCUT2D eigenvalue weighted by Gasteiger charge is -2.04. The van der Waals surface area contributed by atoms with Crippen LogP contribution >= 0.6 is 11.6 Å². The molecule has 1 saturated carbocycles. The number of carbonyl (C=O) groups excluding carboxylic acids is 2. The van der Waals surface area contributed by atoms with E-state index in [0.717, 1.165) is 28.1 Å². The summed E-state index contributed by atoms with van der Waals surface area (Å²) in [7, 11) is 1.36. The van der Waals surface area contributed by atoms with E-state index in [1.807, 2.05) is 27.3 Å². The largest absolute Gasteiger partial charge is 0.466 e. The van der Waals surface area contributed by atoms with Crippen LogP contribution in [0, 0.1) is 0 Å². The maximum atomic E-state index is 12.9. The second-order valence-electron chi connectivity index (χ2n) is 9.50. The van der Waals surface area contributed by atoms with Crippen molar-refractivity contribution in [3.63, 3.8) is 0 Å². The minimum absolute atomic E-state index is 0.00117. The van der Waals surface area contributed by atoms with Crippen molar-refractivity contribution in [1.82, 2.24) is 28.5 Å². The summed E-state index contributed by atoms with van der Waals surface area (Å²) in [5.74, 6) is 0.136. The molecule has 0 unspecified atom stereocenters. The highest BCUT2D eigenvalue weighted by atomic mass is 35.5. The van der Waals surface area contributed by atoms with Crippen LogP contribution in [-0.2, 0) is 22.5 Å². The number of esters is 1. The molecule has 5 heterocycles. The molecule has 0 atom stereocenters. The minimum Gasteiger partial charge on any atom is -0.466 e. The molecule has 1 aliphatic rings. The number of pyridine rings is 2. The first-order valence-corrected chi connectivity index (χ1v) is 12.8. The second-order valence-corrected chi connectivity index (χ2v) is 9.94. The van der Waals surface area contributed by atoms with Crippen molar-refractivity contribution in [2.24, 2.45) is 0 Å². The summed E-state index contributed by atoms with van der Waals surface area (Å²) in [6.45, 7) is 0.415. The van der Waals surface area contributed by atoms with Crippen LogP contribution in [0.1, 0.15) is 58.1 Å². The number of imidazole rings is 2. The molecule has 192 valence electrons. The number of aryl methyl sites for hydroxylation is 1. The van der Waals surface area contributed by atoms with Crippen LogP contribution in [0.15, 0.2) is 61.6 Å². The molecule has 0 amide bonds. The van der Waals surface area contributed by atoms with Gasteiger partial charge in [0.25, 0.3) is 0 Å². The van der Waals surface area contributed by atoms with Crippen LogP contribution in [-0.4, -0.2) is 47.4 Å². The van der Waals surface area contributed by atoms with Crippen molar-refractivity contribution in [2.45, 2.75) is 38.1 Å². The van der Waals surface area contributed by atoms with Gasteiger partial charge in [-0.2, -0.15) is 5.10 Å². The molecule has 1 aliphatic carbocycles. The monoisotopic (exact) mass is 528 g/mol. The second kappa shape index (κ2) is 9.90. The standard InChI is InChI=1S/C28H25ClN6O3/c1-38-27(37)7-4-19-10-20(18-2-3-18)13-34-15-23(32-28(19)34)16-35-14-21(12-31-35)26(36)6-5-24-25-11-22(29)8-9-33(25)17-30-24/h4,7-15,17-18H,2-3,5-6,16H2,1H3/b7-4+. The molecule has 0 spiro atoms. The van der Waals surface area contributed by atoms with Gasteiger partial charge in [-0.15, -0.1) is 0 Å². The Bertz CT molecular complexity index is 1710. The Kier molecular flexibility index (Phi) is 6.29. The first-order valence-electron chi connectivity index (χ1n) is 12.4. The summed E-state index contributed by atoms with van der Waals surface area (Å²) in [5, 5.41) is 5.03.